The summed E-state index contributed by atoms with van der Waals surface area (Å²) in [5.41, 5.74) is -0.245. The summed E-state index contributed by atoms with van der Waals surface area (Å²) >= 11 is 0. The number of nitrogens with zero attached hydrogens (tertiary/aromatic N) is 1. The van der Waals surface area contributed by atoms with Gasteiger partial charge in [0.15, 0.2) is 0 Å². The van der Waals surface area contributed by atoms with E-state index in [1.54, 1.807) is 0 Å². The van der Waals surface area contributed by atoms with Gasteiger partial charge in [-0.2, -0.15) is 0 Å². The lowest BCUT2D eigenvalue weighted by molar-refractivity contribution is -0.155. The minimum atomic E-state index is -0.400. The van der Waals surface area contributed by atoms with Gasteiger partial charge >= 0.3 is 0 Å². The van der Waals surface area contributed by atoms with Gasteiger partial charge in [0.05, 0.1) is 0 Å². The maximum atomic E-state index is 12.8. The van der Waals surface area contributed by atoms with Crippen LogP contribution < -0.4 is 5.32 Å². The second-order valence-electron chi connectivity index (χ2n) is 7.65. The third-order valence-electron chi connectivity index (χ3n) is 4.75. The third kappa shape index (κ3) is 2.84. The van der Waals surface area contributed by atoms with Crippen molar-refractivity contribution in [2.75, 3.05) is 0 Å². The van der Waals surface area contributed by atoms with Gasteiger partial charge < -0.3 is 10.2 Å². The smallest absolute Gasteiger partial charge is 0.246 e. The van der Waals surface area contributed by atoms with Gasteiger partial charge in [0.2, 0.25) is 11.8 Å². The van der Waals surface area contributed by atoms with Crippen molar-refractivity contribution in [3.63, 3.8) is 0 Å². The molecule has 2 aliphatic rings. The molecule has 0 aromatic carbocycles. The molecule has 0 aromatic heterocycles. The fourth-order valence-electron chi connectivity index (χ4n) is 3.53. The van der Waals surface area contributed by atoms with E-state index in [1.807, 2.05) is 32.6 Å². The first kappa shape index (κ1) is 15.3. The van der Waals surface area contributed by atoms with Crippen LogP contribution in [0, 0.1) is 11.3 Å². The second kappa shape index (κ2) is 5.38. The maximum absolute atomic E-state index is 12.8. The average Bonchev–Trinajstić information content (AvgIpc) is 2.33. The topological polar surface area (TPSA) is 49.4 Å². The van der Waals surface area contributed by atoms with E-state index in [1.165, 1.54) is 6.42 Å². The van der Waals surface area contributed by atoms with Gasteiger partial charge in [-0.15, -0.1) is 0 Å². The molecule has 4 atom stereocenters. The number of hydrogen-bond acceptors (Lipinski definition) is 2. The van der Waals surface area contributed by atoms with Crippen LogP contribution in [0.4, 0.5) is 0 Å². The van der Waals surface area contributed by atoms with E-state index >= 15 is 0 Å². The number of carbonyl (C=O) groups is 2. The molecule has 2 fully saturated rings. The number of rotatable bonds is 1. The summed E-state index contributed by atoms with van der Waals surface area (Å²) in [6.45, 7) is 10.1. The Morgan fingerprint density at radius 2 is 1.80 bits per heavy atom. The van der Waals surface area contributed by atoms with Crippen molar-refractivity contribution < 1.29 is 9.59 Å². The molecule has 4 nitrogen and oxygen atoms in total. The molecule has 2 rings (SSSR count). The Morgan fingerprint density at radius 1 is 1.15 bits per heavy atom. The molecule has 4 unspecified atom stereocenters. The van der Waals surface area contributed by atoms with Crippen LogP contribution in [-0.2, 0) is 9.59 Å². The number of nitrogens with one attached hydrogen (secondary N) is 1. The lowest BCUT2D eigenvalue weighted by Crippen LogP contribution is -2.68. The summed E-state index contributed by atoms with van der Waals surface area (Å²) in [4.78, 5) is 27.0. The Morgan fingerprint density at radius 3 is 2.35 bits per heavy atom. The van der Waals surface area contributed by atoms with Gasteiger partial charge in [0, 0.05) is 6.04 Å². The van der Waals surface area contributed by atoms with Crippen molar-refractivity contribution in [3.8, 4) is 0 Å². The van der Waals surface area contributed by atoms with Crippen LogP contribution >= 0.6 is 0 Å². The van der Waals surface area contributed by atoms with Crippen LogP contribution in [0.1, 0.15) is 60.3 Å². The largest absolute Gasteiger partial charge is 0.342 e. The van der Waals surface area contributed by atoms with Crippen molar-refractivity contribution in [1.29, 1.82) is 0 Å². The van der Waals surface area contributed by atoms with Crippen molar-refractivity contribution in [2.24, 2.45) is 11.3 Å². The monoisotopic (exact) mass is 280 g/mol. The highest BCUT2D eigenvalue weighted by Crippen LogP contribution is 2.32. The van der Waals surface area contributed by atoms with E-state index in [4.69, 9.17) is 0 Å². The normalized spacial score (nSPS) is 36.0. The van der Waals surface area contributed by atoms with Crippen LogP contribution in [0.15, 0.2) is 0 Å². The second-order valence-corrected chi connectivity index (χ2v) is 7.65. The molecular weight excluding hydrogens is 252 g/mol. The van der Waals surface area contributed by atoms with Gasteiger partial charge in [-0.25, -0.2) is 0 Å². The molecule has 0 spiro atoms. The van der Waals surface area contributed by atoms with E-state index in [2.05, 4.69) is 12.2 Å². The van der Waals surface area contributed by atoms with Crippen molar-refractivity contribution in [1.82, 2.24) is 10.2 Å². The first-order valence-electron chi connectivity index (χ1n) is 7.84. The molecule has 1 saturated carbocycles. The van der Waals surface area contributed by atoms with Crippen molar-refractivity contribution in [3.05, 3.63) is 0 Å². The number of hydrogen-bond donors (Lipinski definition) is 1. The quantitative estimate of drug-likeness (QED) is 0.801. The zero-order chi connectivity index (χ0) is 15.1. The minimum absolute atomic E-state index is 0.0113. The Bertz CT molecular complexity index is 400. The molecule has 4 heteroatoms. The first-order chi connectivity index (χ1) is 9.21. The fourth-order valence-corrected chi connectivity index (χ4v) is 3.53. The lowest BCUT2D eigenvalue weighted by Gasteiger charge is -2.47. The van der Waals surface area contributed by atoms with Crippen molar-refractivity contribution >= 4 is 11.8 Å². The zero-order valence-corrected chi connectivity index (χ0v) is 13.4. The summed E-state index contributed by atoms with van der Waals surface area (Å²) in [7, 11) is 0. The summed E-state index contributed by atoms with van der Waals surface area (Å²) in [5, 5.41) is 2.91. The predicted molar refractivity (Wildman–Crippen MR) is 79.1 cm³/mol. The number of piperazine rings is 1. The highest BCUT2D eigenvalue weighted by atomic mass is 16.2. The highest BCUT2D eigenvalue weighted by molar-refractivity contribution is 5.97. The molecule has 0 bridgehead atoms. The average molecular weight is 280 g/mol. The van der Waals surface area contributed by atoms with E-state index in [0.717, 1.165) is 19.3 Å². The van der Waals surface area contributed by atoms with Gasteiger partial charge in [-0.3, -0.25) is 9.59 Å². The molecule has 114 valence electrons. The molecule has 1 aliphatic heterocycles. The van der Waals surface area contributed by atoms with Gasteiger partial charge in [-0.1, -0.05) is 40.5 Å². The predicted octanol–water partition coefficient (Wildman–Crippen LogP) is 2.33. The van der Waals surface area contributed by atoms with Gasteiger partial charge in [0.1, 0.15) is 12.1 Å². The van der Waals surface area contributed by atoms with E-state index in [0.29, 0.717) is 5.92 Å². The third-order valence-corrected chi connectivity index (χ3v) is 4.75. The summed E-state index contributed by atoms with van der Waals surface area (Å²) in [6.07, 6.45) is 4.46. The molecular formula is C16H28N2O2. The first-order valence-corrected chi connectivity index (χ1v) is 7.84. The Labute approximate surface area is 122 Å². The van der Waals surface area contributed by atoms with Gasteiger partial charge in [-0.05, 0) is 31.1 Å². The maximum Gasteiger partial charge on any atom is 0.246 e. The lowest BCUT2D eigenvalue weighted by atomic mass is 9.81. The summed E-state index contributed by atoms with van der Waals surface area (Å²) < 4.78 is 0. The molecule has 0 aromatic rings. The van der Waals surface area contributed by atoms with Crippen LogP contribution in [0.2, 0.25) is 0 Å². The molecule has 1 aliphatic carbocycles. The van der Waals surface area contributed by atoms with E-state index < -0.39 is 6.04 Å². The van der Waals surface area contributed by atoms with Crippen LogP contribution in [0.25, 0.3) is 0 Å². The van der Waals surface area contributed by atoms with Gasteiger partial charge in [0.25, 0.3) is 0 Å². The zero-order valence-electron chi connectivity index (χ0n) is 13.4. The van der Waals surface area contributed by atoms with Crippen LogP contribution in [-0.4, -0.2) is 34.8 Å². The number of amides is 2. The van der Waals surface area contributed by atoms with E-state index in [-0.39, 0.29) is 29.3 Å². The molecule has 1 N–H and O–H groups in total. The summed E-state index contributed by atoms with van der Waals surface area (Å²) in [6, 6.07) is -0.503. The Kier molecular flexibility index (Phi) is 4.12. The Hall–Kier alpha value is -1.06. The Balaban J connectivity index is 2.24. The SMILES string of the molecule is CC1CCCC(N2C(=O)C(C(C)(C)C)NC(=O)C2C)C1. The number of carbonyl (C=O) groups excluding carboxylic acids is 2. The van der Waals surface area contributed by atoms with E-state index in [9.17, 15) is 9.59 Å². The summed E-state index contributed by atoms with van der Waals surface area (Å²) in [5.74, 6) is 0.735. The highest BCUT2D eigenvalue weighted by Gasteiger charge is 2.46. The molecule has 1 heterocycles. The van der Waals surface area contributed by atoms with Crippen LogP contribution in [0.3, 0.4) is 0 Å². The van der Waals surface area contributed by atoms with Crippen LogP contribution in [0.5, 0.6) is 0 Å². The molecule has 0 radical (unpaired) electrons. The minimum Gasteiger partial charge on any atom is -0.342 e. The molecule has 20 heavy (non-hydrogen) atoms. The standard InChI is InChI=1S/C16H28N2O2/c1-10-7-6-8-12(9-10)18-11(2)14(19)17-13(15(18)20)16(3,4)5/h10-13H,6-9H2,1-5H3,(H,17,19). The molecule has 1 saturated heterocycles. The van der Waals surface area contributed by atoms with Crippen molar-refractivity contribution in [2.45, 2.75) is 78.4 Å². The fraction of sp³-hybridized carbons (Fsp3) is 0.875. The molecule has 2 amide bonds.